The molecule has 1 saturated heterocycles. The van der Waals surface area contributed by atoms with Crippen LogP contribution in [0.1, 0.15) is 283 Å². The molecule has 1 heterocycles. The molecule has 11 rings (SSSR count). The predicted molar refractivity (Wildman–Crippen MR) is 514 cm³/mol. The van der Waals surface area contributed by atoms with Crippen LogP contribution in [0.5, 0.6) is 5.75 Å². The van der Waals surface area contributed by atoms with Crippen molar-refractivity contribution in [1.82, 2.24) is 16.0 Å². The van der Waals surface area contributed by atoms with Crippen LogP contribution in [0.25, 0.3) is 10.8 Å². The average molecular weight is 1830 g/mol. The summed E-state index contributed by atoms with van der Waals surface area (Å²) in [5.74, 6) is -5.05. The van der Waals surface area contributed by atoms with Gasteiger partial charge in [-0.3, -0.25) is 47.9 Å². The molecule has 6 N–H and O–H groups in total. The number of carbonyl (C=O) groups is 10. The number of phenolic OH excluding ortho intramolecular Hbond substituents is 1. The second-order valence-electron chi connectivity index (χ2n) is 40.2. The van der Waals surface area contributed by atoms with Crippen LogP contribution in [0.4, 0.5) is 0 Å². The number of carbonyl (C=O) groups excluding carboxylic acids is 10. The van der Waals surface area contributed by atoms with E-state index < -0.39 is 96.3 Å². The van der Waals surface area contributed by atoms with Crippen molar-refractivity contribution in [3.8, 4) is 5.75 Å². The number of ether oxygens (including phenoxy) is 7. The number of amides is 3. The highest BCUT2D eigenvalue weighted by Crippen LogP contribution is 2.77. The van der Waals surface area contributed by atoms with Crippen LogP contribution >= 0.6 is 0 Å². The zero-order chi connectivity index (χ0) is 97.4. The molecule has 17 unspecified atom stereocenters. The molecule has 0 radical (unpaired) electrons. The molecule has 1 aliphatic heterocycles. The fraction of sp³-hybridized carbons (Fsp3) is 0.564. The molecule has 133 heavy (non-hydrogen) atoms. The molecule has 6 aromatic carbocycles. The van der Waals surface area contributed by atoms with Crippen LogP contribution in [0.15, 0.2) is 182 Å². The monoisotopic (exact) mass is 1830 g/mol. The van der Waals surface area contributed by atoms with E-state index in [1.54, 1.807) is 31.2 Å². The number of esters is 7. The molecule has 0 aromatic heterocycles. The van der Waals surface area contributed by atoms with Gasteiger partial charge in [0.2, 0.25) is 11.8 Å². The maximum atomic E-state index is 14.4. The minimum atomic E-state index is -1.33. The standard InChI is InChI=1S/C43H59NO9.C36H47NO5.C31H43NO6/c1-8-10-21-51-36(48)39(6,23-27(3)29-14-12-11-13-15-29)25-38(5,9-2)35(47)52-22-20-44-34(46)32-33-40(7)31(45)17-19-43(33,53-37(40)49)30-16-18-42(50)26-41(30,32)24-28(42)4;1-6-8-22-41-34(40)36(5,25-27(3)28-15-10-9-11-16-28)26-35(4,7-2)33(39)42-23-21-37-32(38)24-30-19-14-18-29-17-12-13-20-31(29)30;1-6-8-19-37-29(36)31(5,21-23(3)24-14-10-9-11-15-24)22-30(4,7-2)28(35)38-20-18-32-27(34)25-16-12-13-17-26(25)33/h11-15,17,19,27,30-33,45,50H,4,8-10,16,18,20-26H2,1-3,5-7H3,(H,44,46);9-20,27H,6-8,21-26H2,1-5H3,(H,37,38);9-17,23,33H,6-8,18-22H2,1-5H3,(H,32,34). The Bertz CT molecular complexity index is 5000. The van der Waals surface area contributed by atoms with Gasteiger partial charge < -0.3 is 64.4 Å². The predicted octanol–water partition coefficient (Wildman–Crippen LogP) is 19.4. The third-order valence-corrected chi connectivity index (χ3v) is 29.6. The fourth-order valence-electron chi connectivity index (χ4n) is 21.7. The summed E-state index contributed by atoms with van der Waals surface area (Å²) in [6, 6.07) is 50.3. The third kappa shape index (κ3) is 25.0. The second-order valence-corrected chi connectivity index (χ2v) is 40.2. The van der Waals surface area contributed by atoms with Crippen LogP contribution in [0.2, 0.25) is 0 Å². The smallest absolute Gasteiger partial charge is 0.316 e. The Morgan fingerprint density at radius 3 is 1.33 bits per heavy atom. The van der Waals surface area contributed by atoms with Crippen LogP contribution in [0.3, 0.4) is 0 Å². The quantitative estimate of drug-likeness (QED) is 0.00895. The number of hydrogen-bond acceptors (Lipinski definition) is 20. The number of benzene rings is 6. The summed E-state index contributed by atoms with van der Waals surface area (Å²) < 4.78 is 40.4. The normalized spacial score (nSPS) is 23.4. The first-order chi connectivity index (χ1) is 63.1. The van der Waals surface area contributed by atoms with Crippen LogP contribution in [-0.2, 0) is 82.7 Å². The van der Waals surface area contributed by atoms with E-state index in [4.69, 9.17) is 33.2 Å². The maximum Gasteiger partial charge on any atom is 0.316 e. The van der Waals surface area contributed by atoms with E-state index in [0.717, 1.165) is 71.6 Å². The molecule has 3 amide bonds. The summed E-state index contributed by atoms with van der Waals surface area (Å²) >= 11 is 0. The van der Waals surface area contributed by atoms with Crippen molar-refractivity contribution in [2.24, 2.45) is 61.1 Å². The Balaban J connectivity index is 0.000000228. The van der Waals surface area contributed by atoms with Gasteiger partial charge in [-0.1, -0.05) is 240 Å². The van der Waals surface area contributed by atoms with Crippen molar-refractivity contribution >= 4 is 70.3 Å². The molecule has 23 heteroatoms. The molecular formula is C110H149N3O20. The van der Waals surface area contributed by atoms with Gasteiger partial charge in [-0.2, -0.15) is 0 Å². The largest absolute Gasteiger partial charge is 0.507 e. The number of nitrogens with one attached hydrogen (secondary N) is 3. The lowest BCUT2D eigenvalue weighted by atomic mass is 9.60. The summed E-state index contributed by atoms with van der Waals surface area (Å²) in [5, 5.41) is 43.2. The summed E-state index contributed by atoms with van der Waals surface area (Å²) in [6.45, 7) is 36.6. The molecule has 3 saturated carbocycles. The van der Waals surface area contributed by atoms with E-state index in [1.807, 2.05) is 197 Å². The molecule has 6 aromatic rings. The Labute approximate surface area is 788 Å². The molecular weight excluding hydrogens is 1680 g/mol. The Morgan fingerprint density at radius 2 is 0.895 bits per heavy atom. The number of hydrogen-bond donors (Lipinski definition) is 6. The molecule has 4 bridgehead atoms. The number of aliphatic hydroxyl groups is 2. The van der Waals surface area contributed by atoms with Crippen LogP contribution in [-0.4, -0.2) is 151 Å². The lowest BCUT2D eigenvalue weighted by molar-refractivity contribution is -0.166. The van der Waals surface area contributed by atoms with Gasteiger partial charge in [0.05, 0.1) is 102 Å². The summed E-state index contributed by atoms with van der Waals surface area (Å²) in [4.78, 5) is 134. The SMILES string of the molecule is C=C1CC23CC1(O)CCC2C12C=CC(O)C(C)(C(=O)O1)C2C3C(=O)NCCOC(=O)C(C)(CC)CC(C)(CC(C)c1ccccc1)C(=O)OCCCC.CCCCOC(=O)C(C)(CC(C)c1ccccc1)CC(C)(CC)C(=O)OCCNC(=O)Cc1cccc2ccccc12.CCCCOC(=O)C(C)(CC(C)c1ccccc1)CC(C)(CC)C(=O)OCCNC(=O)c1ccccc1O. The Morgan fingerprint density at radius 1 is 0.504 bits per heavy atom. The first-order valence-corrected chi connectivity index (χ1v) is 48.4. The van der Waals surface area contributed by atoms with Gasteiger partial charge >= 0.3 is 41.8 Å². The molecule has 724 valence electrons. The number of unbranched alkanes of at least 4 members (excludes halogenated alkanes) is 3. The van der Waals surface area contributed by atoms with E-state index in [1.165, 1.54) is 12.1 Å². The van der Waals surface area contributed by atoms with Crippen molar-refractivity contribution in [3.05, 3.63) is 210 Å². The number of rotatable bonds is 46. The zero-order valence-corrected chi connectivity index (χ0v) is 81.7. The van der Waals surface area contributed by atoms with Gasteiger partial charge in [0.1, 0.15) is 36.6 Å². The lowest BCUT2D eigenvalue weighted by Crippen LogP contribution is -2.53. The van der Waals surface area contributed by atoms with Gasteiger partial charge in [0, 0.05) is 11.8 Å². The molecule has 4 aliphatic carbocycles. The van der Waals surface area contributed by atoms with Gasteiger partial charge in [-0.15, -0.1) is 0 Å². The third-order valence-electron chi connectivity index (χ3n) is 29.6. The second kappa shape index (κ2) is 46.6. The van der Waals surface area contributed by atoms with Crippen molar-refractivity contribution in [3.63, 3.8) is 0 Å². The number of phenols is 1. The topological polar surface area (TPSA) is 332 Å². The highest BCUT2D eigenvalue weighted by atomic mass is 16.6. The minimum absolute atomic E-state index is 0.0220. The fourth-order valence-corrected chi connectivity index (χ4v) is 21.7. The molecule has 17 atom stereocenters. The molecule has 23 nitrogen and oxygen atoms in total. The lowest BCUT2D eigenvalue weighted by Gasteiger charge is -2.44. The highest BCUT2D eigenvalue weighted by Gasteiger charge is 2.83. The van der Waals surface area contributed by atoms with E-state index in [2.05, 4.69) is 62.4 Å². The minimum Gasteiger partial charge on any atom is -0.507 e. The molecule has 5 aliphatic rings. The van der Waals surface area contributed by atoms with Crippen molar-refractivity contribution in [2.75, 3.05) is 59.3 Å². The number of aromatic hydroxyl groups is 1. The molecule has 4 fully saturated rings. The van der Waals surface area contributed by atoms with E-state index in [-0.39, 0.29) is 129 Å². The summed E-state index contributed by atoms with van der Waals surface area (Å²) in [7, 11) is 0. The van der Waals surface area contributed by atoms with Gasteiger partial charge in [-0.25, -0.2) is 0 Å². The van der Waals surface area contributed by atoms with E-state index in [9.17, 15) is 63.3 Å². The number of para-hydroxylation sites is 1. The van der Waals surface area contributed by atoms with Crippen LogP contribution in [0, 0.1) is 61.1 Å². The Kier molecular flexibility index (Phi) is 37.2. The number of aliphatic hydroxyl groups excluding tert-OH is 1. The van der Waals surface area contributed by atoms with E-state index in [0.29, 0.717) is 96.0 Å². The van der Waals surface area contributed by atoms with Gasteiger partial charge in [-0.05, 0) is 231 Å². The number of fused-ring (bicyclic) bond motifs is 2. The van der Waals surface area contributed by atoms with Crippen LogP contribution < -0.4 is 16.0 Å². The average Bonchev–Trinajstić information content (AvgIpc) is 1.47. The Hall–Kier alpha value is -10.5. The zero-order valence-electron chi connectivity index (χ0n) is 81.7. The van der Waals surface area contributed by atoms with Gasteiger partial charge in [0.15, 0.2) is 0 Å². The first-order valence-electron chi connectivity index (χ1n) is 48.4. The van der Waals surface area contributed by atoms with Gasteiger partial charge in [0.25, 0.3) is 5.91 Å². The summed E-state index contributed by atoms with van der Waals surface area (Å²) in [6.07, 6.45) is 13.2. The highest BCUT2D eigenvalue weighted by molar-refractivity contribution is 5.97. The van der Waals surface area contributed by atoms with Crippen molar-refractivity contribution in [1.29, 1.82) is 0 Å². The molecule has 1 spiro atoms. The van der Waals surface area contributed by atoms with Crippen molar-refractivity contribution in [2.45, 2.75) is 274 Å². The first kappa shape index (κ1) is 106. The summed E-state index contributed by atoms with van der Waals surface area (Å²) in [5.41, 5.74) is -4.56. The van der Waals surface area contributed by atoms with Crippen molar-refractivity contribution < 1.29 is 96.4 Å². The maximum absolute atomic E-state index is 14.4. The van der Waals surface area contributed by atoms with E-state index >= 15 is 0 Å².